The number of aromatic nitrogens is 2. The molecule has 168 valence electrons. The Balaban J connectivity index is 1.14. The van der Waals surface area contributed by atoms with Gasteiger partial charge in [0.1, 0.15) is 5.82 Å². The Kier molecular flexibility index (Phi) is 5.92. The van der Waals surface area contributed by atoms with Crippen molar-refractivity contribution in [1.29, 1.82) is 0 Å². The van der Waals surface area contributed by atoms with E-state index in [0.717, 1.165) is 62.1 Å². The predicted molar refractivity (Wildman–Crippen MR) is 131 cm³/mol. The lowest BCUT2D eigenvalue weighted by Crippen LogP contribution is -2.48. The Labute approximate surface area is 191 Å². The summed E-state index contributed by atoms with van der Waals surface area (Å²) < 4.78 is 0. The predicted octanol–water partition coefficient (Wildman–Crippen LogP) is 5.37. The van der Waals surface area contributed by atoms with E-state index in [0.29, 0.717) is 5.92 Å². The highest BCUT2D eigenvalue weighted by Crippen LogP contribution is 2.51. The number of rotatable bonds is 8. The first kappa shape index (κ1) is 21.4. The maximum atomic E-state index is 11.5. The van der Waals surface area contributed by atoms with E-state index in [4.69, 9.17) is 0 Å². The highest BCUT2D eigenvalue weighted by Gasteiger charge is 2.46. The lowest BCUT2D eigenvalue weighted by Gasteiger charge is -2.48. The molecule has 0 saturated heterocycles. The quantitative estimate of drug-likeness (QED) is 0.506. The van der Waals surface area contributed by atoms with Gasteiger partial charge < -0.3 is 15.0 Å². The van der Waals surface area contributed by atoms with Gasteiger partial charge in [0.15, 0.2) is 0 Å². The van der Waals surface area contributed by atoms with Gasteiger partial charge in [0.2, 0.25) is 0 Å². The molecule has 0 unspecified atom stereocenters. The maximum Gasteiger partial charge on any atom is 0.107 e. The van der Waals surface area contributed by atoms with E-state index in [1.165, 1.54) is 23.1 Å². The minimum atomic E-state index is -0.552. The monoisotopic (exact) mass is 429 g/mol. The van der Waals surface area contributed by atoms with Crippen molar-refractivity contribution in [3.63, 3.8) is 0 Å². The number of nitrogens with one attached hydrogen (secondary N) is 1. The molecule has 1 saturated carbocycles. The van der Waals surface area contributed by atoms with Crippen LogP contribution in [0.2, 0.25) is 0 Å². The Morgan fingerprint density at radius 3 is 2.78 bits per heavy atom. The van der Waals surface area contributed by atoms with Crippen molar-refractivity contribution >= 4 is 16.6 Å². The van der Waals surface area contributed by atoms with Gasteiger partial charge in [0.25, 0.3) is 0 Å². The number of imidazole rings is 1. The zero-order valence-corrected chi connectivity index (χ0v) is 19.3. The molecule has 32 heavy (non-hydrogen) atoms. The number of nitrogens with zero attached hydrogens (tertiary/aromatic N) is 2. The summed E-state index contributed by atoms with van der Waals surface area (Å²) in [6.07, 6.45) is 8.51. The molecule has 3 aliphatic rings. The smallest absolute Gasteiger partial charge is 0.107 e. The second-order valence-electron chi connectivity index (χ2n) is 10.0. The van der Waals surface area contributed by atoms with Crippen LogP contribution in [0.4, 0.5) is 0 Å². The van der Waals surface area contributed by atoms with Gasteiger partial charge in [-0.1, -0.05) is 48.0 Å². The van der Waals surface area contributed by atoms with E-state index in [-0.39, 0.29) is 5.92 Å². The van der Waals surface area contributed by atoms with E-state index in [2.05, 4.69) is 71.3 Å². The van der Waals surface area contributed by atoms with Crippen LogP contribution in [0.3, 0.4) is 0 Å². The fraction of sp³-hybridized carbons (Fsp3) is 0.464. The highest BCUT2D eigenvalue weighted by atomic mass is 16.3. The normalized spacial score (nSPS) is 24.9. The van der Waals surface area contributed by atoms with Crippen LogP contribution in [-0.2, 0) is 6.42 Å². The summed E-state index contributed by atoms with van der Waals surface area (Å²) in [5.74, 6) is 1.84. The molecule has 0 radical (unpaired) electrons. The number of aryl methyl sites for hydroxylation is 2. The zero-order valence-electron chi connectivity index (χ0n) is 19.3. The molecule has 2 N–H and O–H groups in total. The van der Waals surface area contributed by atoms with Gasteiger partial charge in [-0.3, -0.25) is 0 Å². The summed E-state index contributed by atoms with van der Waals surface area (Å²) in [4.78, 5) is 10.5. The second kappa shape index (κ2) is 8.84. The number of hydrogen-bond donors (Lipinski definition) is 2. The first-order valence-electron chi connectivity index (χ1n) is 12.1. The number of para-hydroxylation sites is 2. The van der Waals surface area contributed by atoms with Crippen LogP contribution in [-0.4, -0.2) is 45.7 Å². The molecule has 0 amide bonds. The van der Waals surface area contributed by atoms with Crippen molar-refractivity contribution in [3.05, 3.63) is 71.6 Å². The third-order valence-corrected chi connectivity index (χ3v) is 7.61. The summed E-state index contributed by atoms with van der Waals surface area (Å²) in [6, 6.07) is 17.0. The van der Waals surface area contributed by atoms with E-state index in [1.807, 2.05) is 12.1 Å². The molecule has 1 heterocycles. The second-order valence-corrected chi connectivity index (χ2v) is 10.0. The topological polar surface area (TPSA) is 52.1 Å². The molecular weight excluding hydrogens is 394 g/mol. The van der Waals surface area contributed by atoms with Crippen molar-refractivity contribution in [2.24, 2.45) is 11.8 Å². The first-order chi connectivity index (χ1) is 15.5. The summed E-state index contributed by atoms with van der Waals surface area (Å²) in [6.45, 7) is 4.12. The van der Waals surface area contributed by atoms with Crippen molar-refractivity contribution in [1.82, 2.24) is 14.9 Å². The largest absolute Gasteiger partial charge is 0.389 e. The maximum absolute atomic E-state index is 11.5. The number of hydrogen-bond acceptors (Lipinski definition) is 3. The van der Waals surface area contributed by atoms with Gasteiger partial charge in [-0.15, -0.1) is 0 Å². The number of H-pyrrole nitrogens is 1. The number of aliphatic hydroxyl groups is 1. The van der Waals surface area contributed by atoms with Gasteiger partial charge in [-0.25, -0.2) is 4.98 Å². The number of benzene rings is 2. The molecule has 3 aliphatic carbocycles. The highest BCUT2D eigenvalue weighted by molar-refractivity contribution is 5.74. The van der Waals surface area contributed by atoms with Crippen molar-refractivity contribution in [3.8, 4) is 0 Å². The molecule has 4 nitrogen and oxygen atoms in total. The van der Waals surface area contributed by atoms with Gasteiger partial charge in [-0.2, -0.15) is 0 Å². The molecule has 2 bridgehead atoms. The van der Waals surface area contributed by atoms with Gasteiger partial charge in [0.05, 0.1) is 16.6 Å². The molecule has 1 aromatic heterocycles. The van der Waals surface area contributed by atoms with Crippen LogP contribution in [0, 0.1) is 18.8 Å². The summed E-state index contributed by atoms with van der Waals surface area (Å²) in [5.41, 5.74) is 5.73. The standard InChI is InChI=1S/C28H35N3O/c1-20-7-5-8-21(17-20)24-18-23-13-12-22(24)19-28(23,32)14-16-31(2)15-6-11-27-29-25-9-3-4-10-26(25)30-27/h3-5,7-10,17-18,22-23,32H,6,11-16,19H2,1-2H3,(H,29,30)/t22-,23+,28+/m1/s1. The lowest BCUT2D eigenvalue weighted by atomic mass is 9.61. The first-order valence-corrected chi connectivity index (χ1v) is 12.1. The third kappa shape index (κ3) is 4.39. The van der Waals surface area contributed by atoms with Crippen molar-refractivity contribution < 1.29 is 5.11 Å². The van der Waals surface area contributed by atoms with E-state index < -0.39 is 5.60 Å². The van der Waals surface area contributed by atoms with Crippen molar-refractivity contribution in [2.45, 2.75) is 51.0 Å². The van der Waals surface area contributed by atoms with Crippen LogP contribution < -0.4 is 0 Å². The average Bonchev–Trinajstić information content (AvgIpc) is 3.21. The molecular formula is C28H35N3O. The van der Waals surface area contributed by atoms with Gasteiger partial charge in [0, 0.05) is 18.9 Å². The van der Waals surface area contributed by atoms with Crippen LogP contribution in [0.1, 0.15) is 49.1 Å². The van der Waals surface area contributed by atoms with E-state index in [1.54, 1.807) is 0 Å². The van der Waals surface area contributed by atoms with Crippen LogP contribution in [0.5, 0.6) is 0 Å². The SMILES string of the molecule is Cc1cccc(C2=C[C@@H]3CC[C@@H]2C[C@@]3(O)CCN(C)CCCc2nc3ccccc3[nH]2)c1. The zero-order chi connectivity index (χ0) is 22.1. The summed E-state index contributed by atoms with van der Waals surface area (Å²) >= 11 is 0. The van der Waals surface area contributed by atoms with Crippen LogP contribution >= 0.6 is 0 Å². The Hall–Kier alpha value is -2.43. The number of aromatic amines is 1. The van der Waals surface area contributed by atoms with Crippen LogP contribution in [0.25, 0.3) is 16.6 Å². The third-order valence-electron chi connectivity index (χ3n) is 7.61. The Bertz CT molecular complexity index is 1080. The molecule has 6 rings (SSSR count). The molecule has 0 aliphatic heterocycles. The average molecular weight is 430 g/mol. The molecule has 4 heteroatoms. The lowest BCUT2D eigenvalue weighted by molar-refractivity contribution is -0.0574. The summed E-state index contributed by atoms with van der Waals surface area (Å²) in [5, 5.41) is 11.5. The van der Waals surface area contributed by atoms with Gasteiger partial charge in [-0.05, 0) is 81.8 Å². The molecule has 0 spiro atoms. The Morgan fingerprint density at radius 1 is 1.12 bits per heavy atom. The van der Waals surface area contributed by atoms with Crippen molar-refractivity contribution in [2.75, 3.05) is 20.1 Å². The summed E-state index contributed by atoms with van der Waals surface area (Å²) in [7, 11) is 2.18. The van der Waals surface area contributed by atoms with Crippen LogP contribution in [0.15, 0.2) is 54.6 Å². The minimum absolute atomic E-state index is 0.284. The fourth-order valence-corrected chi connectivity index (χ4v) is 5.77. The van der Waals surface area contributed by atoms with E-state index >= 15 is 0 Å². The molecule has 2 aromatic carbocycles. The molecule has 3 aromatic rings. The minimum Gasteiger partial charge on any atom is -0.389 e. The Morgan fingerprint density at radius 2 is 2.00 bits per heavy atom. The van der Waals surface area contributed by atoms with E-state index in [9.17, 15) is 5.11 Å². The number of fused-ring (bicyclic) bond motifs is 3. The number of allylic oxidation sites excluding steroid dienone is 1. The van der Waals surface area contributed by atoms with Gasteiger partial charge >= 0.3 is 0 Å². The molecule has 3 atom stereocenters. The fourth-order valence-electron chi connectivity index (χ4n) is 5.77. The molecule has 1 fully saturated rings.